The van der Waals surface area contributed by atoms with Crippen LogP contribution in [0.25, 0.3) is 0 Å². The molecule has 2 atom stereocenters. The molecule has 0 aromatic heterocycles. The molecule has 0 unspecified atom stereocenters. The van der Waals surface area contributed by atoms with Crippen LogP contribution >= 0.6 is 0 Å². The van der Waals surface area contributed by atoms with E-state index in [4.69, 9.17) is 4.74 Å². The largest absolute Gasteiger partial charge is 0.373 e. The second-order valence-electron chi connectivity index (χ2n) is 5.32. The zero-order chi connectivity index (χ0) is 13.1. The molecule has 1 aromatic carbocycles. The highest BCUT2D eigenvalue weighted by molar-refractivity contribution is 5.94. The zero-order valence-corrected chi connectivity index (χ0v) is 11.0. The van der Waals surface area contributed by atoms with Gasteiger partial charge in [-0.2, -0.15) is 0 Å². The Morgan fingerprint density at radius 2 is 2.21 bits per heavy atom. The Kier molecular flexibility index (Phi) is 3.80. The van der Waals surface area contributed by atoms with E-state index >= 15 is 0 Å². The van der Waals surface area contributed by atoms with Crippen LogP contribution in [0.2, 0.25) is 0 Å². The van der Waals surface area contributed by atoms with Gasteiger partial charge in [-0.15, -0.1) is 0 Å². The number of carbonyl (C=O) groups excluding carboxylic acids is 1. The monoisotopic (exact) mass is 260 g/mol. The minimum absolute atomic E-state index is 0.0206. The van der Waals surface area contributed by atoms with Crippen LogP contribution in [0.4, 0.5) is 0 Å². The van der Waals surface area contributed by atoms with Gasteiger partial charge in [-0.05, 0) is 31.5 Å². The van der Waals surface area contributed by atoms with Gasteiger partial charge in [0.15, 0.2) is 0 Å². The van der Waals surface area contributed by atoms with Crippen LogP contribution in [0, 0.1) is 0 Å². The van der Waals surface area contributed by atoms with Crippen LogP contribution in [-0.4, -0.2) is 49.2 Å². The summed E-state index contributed by atoms with van der Waals surface area (Å²) >= 11 is 0. The molecule has 0 bridgehead atoms. The summed E-state index contributed by atoms with van der Waals surface area (Å²) in [5.74, 6) is -0.0206. The molecule has 4 heteroatoms. The number of hydrogen-bond acceptors (Lipinski definition) is 3. The van der Waals surface area contributed by atoms with E-state index < -0.39 is 0 Å². The van der Waals surface area contributed by atoms with Gasteiger partial charge in [0.2, 0.25) is 0 Å². The molecular formula is C15H20N2O2. The first-order valence-electron chi connectivity index (χ1n) is 7.02. The van der Waals surface area contributed by atoms with Crippen LogP contribution in [0.1, 0.15) is 23.2 Å². The van der Waals surface area contributed by atoms with Crippen molar-refractivity contribution < 1.29 is 9.53 Å². The van der Waals surface area contributed by atoms with Crippen molar-refractivity contribution in [2.75, 3.05) is 26.2 Å². The molecule has 1 aromatic rings. The summed E-state index contributed by atoms with van der Waals surface area (Å²) in [6.07, 6.45) is 2.65. The van der Waals surface area contributed by atoms with E-state index in [2.05, 4.69) is 10.2 Å². The van der Waals surface area contributed by atoms with Gasteiger partial charge >= 0.3 is 0 Å². The molecule has 1 amide bonds. The molecule has 0 aliphatic carbocycles. The average molecular weight is 260 g/mol. The second-order valence-corrected chi connectivity index (χ2v) is 5.32. The van der Waals surface area contributed by atoms with Crippen molar-refractivity contribution in [2.24, 2.45) is 0 Å². The summed E-state index contributed by atoms with van der Waals surface area (Å²) in [6, 6.07) is 9.93. The summed E-state index contributed by atoms with van der Waals surface area (Å²) < 4.78 is 5.82. The lowest BCUT2D eigenvalue weighted by Gasteiger charge is -2.35. The van der Waals surface area contributed by atoms with Crippen LogP contribution in [0.5, 0.6) is 0 Å². The number of fused-ring (bicyclic) bond motifs is 1. The lowest BCUT2D eigenvalue weighted by molar-refractivity contribution is -0.0461. The molecule has 0 radical (unpaired) electrons. The van der Waals surface area contributed by atoms with Crippen LogP contribution < -0.4 is 5.32 Å². The molecule has 2 aliphatic rings. The minimum Gasteiger partial charge on any atom is -0.373 e. The first kappa shape index (κ1) is 12.6. The molecule has 102 valence electrons. The third-order valence-corrected chi connectivity index (χ3v) is 3.99. The van der Waals surface area contributed by atoms with E-state index in [0.717, 1.165) is 13.2 Å². The Morgan fingerprint density at radius 3 is 3.05 bits per heavy atom. The third kappa shape index (κ3) is 2.96. The fourth-order valence-electron chi connectivity index (χ4n) is 2.91. The molecule has 1 N–H and O–H groups in total. The standard InChI is InChI=1S/C15H20N2O2/c18-15(12-5-2-1-3-6-12)16-9-14-10-17-8-4-7-13(17)11-19-14/h1-3,5-6,13-14H,4,7-11H2,(H,16,18)/t13-,14-/m0/s1. The van der Waals surface area contributed by atoms with E-state index in [0.29, 0.717) is 18.2 Å². The number of benzene rings is 1. The van der Waals surface area contributed by atoms with E-state index in [-0.39, 0.29) is 12.0 Å². The van der Waals surface area contributed by atoms with E-state index in [9.17, 15) is 4.79 Å². The van der Waals surface area contributed by atoms with Crippen molar-refractivity contribution in [3.8, 4) is 0 Å². The van der Waals surface area contributed by atoms with Crippen LogP contribution in [0.15, 0.2) is 30.3 Å². The SMILES string of the molecule is O=C(NC[C@H]1CN2CCC[C@H]2CO1)c1ccccc1. The van der Waals surface area contributed by atoms with Crippen molar-refractivity contribution in [3.63, 3.8) is 0 Å². The van der Waals surface area contributed by atoms with Gasteiger partial charge in [0.1, 0.15) is 0 Å². The number of amides is 1. The number of carbonyl (C=O) groups is 1. The van der Waals surface area contributed by atoms with Gasteiger partial charge in [0, 0.05) is 24.7 Å². The summed E-state index contributed by atoms with van der Waals surface area (Å²) in [7, 11) is 0. The second kappa shape index (κ2) is 5.72. The highest BCUT2D eigenvalue weighted by Gasteiger charge is 2.32. The number of nitrogens with one attached hydrogen (secondary N) is 1. The number of nitrogens with zero attached hydrogens (tertiary/aromatic N) is 1. The smallest absolute Gasteiger partial charge is 0.251 e. The molecule has 2 heterocycles. The molecule has 19 heavy (non-hydrogen) atoms. The number of ether oxygens (including phenoxy) is 1. The first-order chi connectivity index (χ1) is 9.33. The predicted molar refractivity (Wildman–Crippen MR) is 73.1 cm³/mol. The number of hydrogen-bond donors (Lipinski definition) is 1. The molecule has 3 rings (SSSR count). The molecule has 2 fully saturated rings. The summed E-state index contributed by atoms with van der Waals surface area (Å²) in [6.45, 7) is 3.53. The van der Waals surface area contributed by atoms with Gasteiger partial charge in [-0.1, -0.05) is 18.2 Å². The van der Waals surface area contributed by atoms with Crippen LogP contribution in [0.3, 0.4) is 0 Å². The maximum absolute atomic E-state index is 11.9. The topological polar surface area (TPSA) is 41.6 Å². The van der Waals surface area contributed by atoms with Crippen molar-refractivity contribution >= 4 is 5.91 Å². The summed E-state index contributed by atoms with van der Waals surface area (Å²) in [5, 5.41) is 2.96. The number of morpholine rings is 1. The molecule has 0 spiro atoms. The summed E-state index contributed by atoms with van der Waals surface area (Å²) in [4.78, 5) is 14.4. The highest BCUT2D eigenvalue weighted by Crippen LogP contribution is 2.22. The maximum Gasteiger partial charge on any atom is 0.251 e. The fourth-order valence-corrected chi connectivity index (χ4v) is 2.91. The van der Waals surface area contributed by atoms with Gasteiger partial charge < -0.3 is 10.1 Å². The van der Waals surface area contributed by atoms with Gasteiger partial charge in [-0.3, -0.25) is 9.69 Å². The fraction of sp³-hybridized carbons (Fsp3) is 0.533. The van der Waals surface area contributed by atoms with Crippen molar-refractivity contribution in [3.05, 3.63) is 35.9 Å². The van der Waals surface area contributed by atoms with E-state index in [1.807, 2.05) is 30.3 Å². The van der Waals surface area contributed by atoms with Crippen molar-refractivity contribution in [1.82, 2.24) is 10.2 Å². The molecule has 2 saturated heterocycles. The Labute approximate surface area is 113 Å². The third-order valence-electron chi connectivity index (χ3n) is 3.99. The molecule has 0 saturated carbocycles. The van der Waals surface area contributed by atoms with Gasteiger partial charge in [0.05, 0.1) is 12.7 Å². The van der Waals surface area contributed by atoms with Crippen molar-refractivity contribution in [1.29, 1.82) is 0 Å². The lowest BCUT2D eigenvalue weighted by Crippen LogP contribution is -2.50. The maximum atomic E-state index is 11.9. The van der Waals surface area contributed by atoms with Gasteiger partial charge in [-0.25, -0.2) is 0 Å². The Morgan fingerprint density at radius 1 is 1.37 bits per heavy atom. The average Bonchev–Trinajstić information content (AvgIpc) is 2.93. The molecular weight excluding hydrogens is 240 g/mol. The van der Waals surface area contributed by atoms with E-state index in [1.165, 1.54) is 19.4 Å². The molecule has 2 aliphatic heterocycles. The predicted octanol–water partition coefficient (Wildman–Crippen LogP) is 1.28. The Hall–Kier alpha value is -1.39. The zero-order valence-electron chi connectivity index (χ0n) is 11.0. The minimum atomic E-state index is -0.0206. The first-order valence-corrected chi connectivity index (χ1v) is 7.02. The lowest BCUT2D eigenvalue weighted by atomic mass is 10.2. The molecule has 4 nitrogen and oxygen atoms in total. The van der Waals surface area contributed by atoms with E-state index in [1.54, 1.807) is 0 Å². The Balaban J connectivity index is 1.49. The Bertz CT molecular complexity index is 435. The highest BCUT2D eigenvalue weighted by atomic mass is 16.5. The van der Waals surface area contributed by atoms with Crippen molar-refractivity contribution in [2.45, 2.75) is 25.0 Å². The summed E-state index contributed by atoms with van der Waals surface area (Å²) in [5.41, 5.74) is 0.706. The number of rotatable bonds is 3. The van der Waals surface area contributed by atoms with Gasteiger partial charge in [0.25, 0.3) is 5.91 Å². The quantitative estimate of drug-likeness (QED) is 0.890. The van der Waals surface area contributed by atoms with Crippen LogP contribution in [-0.2, 0) is 4.74 Å². The normalized spacial score (nSPS) is 26.9.